The zero-order valence-corrected chi connectivity index (χ0v) is 40.2. The summed E-state index contributed by atoms with van der Waals surface area (Å²) in [4.78, 5) is 10.1. The quantitative estimate of drug-likeness (QED) is 0.137. The molecule has 2 aliphatic rings. The fourth-order valence-corrected chi connectivity index (χ4v) is 12.0. The Morgan fingerprint density at radius 3 is 1.58 bits per heavy atom. The summed E-state index contributed by atoms with van der Waals surface area (Å²) in [7, 11) is 0. The van der Waals surface area contributed by atoms with Gasteiger partial charge in [0.15, 0.2) is 0 Å². The first-order chi connectivity index (χ1) is 36.1. The second kappa shape index (κ2) is 17.1. The number of ether oxygens (including phenoxy) is 1. The van der Waals surface area contributed by atoms with E-state index < -0.39 is 5.41 Å². The average molecular weight is 937 g/mol. The molecule has 5 heteroatoms. The van der Waals surface area contributed by atoms with E-state index in [2.05, 4.69) is 276 Å². The SMILES string of the molecule is Cc1cc(-n2c3cccc4c3c3c(cc(Oc5cccc(N6CN(c7c(-c8ccccc8)cccc7-c7ccccc7)c7ccccc76)c5)cc32)C4(c2ccccc2)c2ccccc2)ncc1-c1ccccc1. The molecule has 14 rings (SSSR count). The summed E-state index contributed by atoms with van der Waals surface area (Å²) >= 11 is 0. The lowest BCUT2D eigenvalue weighted by Crippen LogP contribution is -2.29. The molecule has 0 bridgehead atoms. The number of aromatic nitrogens is 2. The molecule has 346 valence electrons. The van der Waals surface area contributed by atoms with Crippen molar-refractivity contribution in [3.05, 3.63) is 289 Å². The van der Waals surface area contributed by atoms with E-state index in [1.54, 1.807) is 0 Å². The third-order valence-electron chi connectivity index (χ3n) is 15.1. The molecule has 0 saturated heterocycles. The Morgan fingerprint density at radius 1 is 0.425 bits per heavy atom. The largest absolute Gasteiger partial charge is 0.457 e. The van der Waals surface area contributed by atoms with Gasteiger partial charge in [0.25, 0.3) is 0 Å². The van der Waals surface area contributed by atoms with Crippen molar-refractivity contribution in [3.8, 4) is 50.7 Å². The van der Waals surface area contributed by atoms with Gasteiger partial charge in [0, 0.05) is 51.5 Å². The van der Waals surface area contributed by atoms with Gasteiger partial charge in [-0.05, 0) is 93.9 Å². The number of para-hydroxylation sites is 3. The van der Waals surface area contributed by atoms with Gasteiger partial charge in [0.1, 0.15) is 24.0 Å². The van der Waals surface area contributed by atoms with Gasteiger partial charge < -0.3 is 14.5 Å². The minimum atomic E-state index is -0.608. The maximum Gasteiger partial charge on any atom is 0.137 e. The lowest BCUT2D eigenvalue weighted by molar-refractivity contribution is 0.482. The van der Waals surface area contributed by atoms with Crippen molar-refractivity contribution in [2.75, 3.05) is 16.5 Å². The minimum Gasteiger partial charge on any atom is -0.457 e. The number of hydrogen-bond acceptors (Lipinski definition) is 4. The fraction of sp³-hybridized carbons (Fsp3) is 0.0441. The van der Waals surface area contributed by atoms with Crippen molar-refractivity contribution in [3.63, 3.8) is 0 Å². The summed E-state index contributed by atoms with van der Waals surface area (Å²) in [6.07, 6.45) is 2.03. The molecular formula is C68H48N4O. The molecule has 10 aromatic carbocycles. The Bertz CT molecular complexity index is 3940. The summed E-state index contributed by atoms with van der Waals surface area (Å²) in [5.74, 6) is 2.37. The molecular weight excluding hydrogens is 889 g/mol. The van der Waals surface area contributed by atoms with Crippen LogP contribution in [0.5, 0.6) is 11.5 Å². The van der Waals surface area contributed by atoms with E-state index in [4.69, 9.17) is 9.72 Å². The van der Waals surface area contributed by atoms with E-state index in [1.807, 2.05) is 6.20 Å². The van der Waals surface area contributed by atoms with Crippen molar-refractivity contribution < 1.29 is 4.74 Å². The Kier molecular flexibility index (Phi) is 9.97. The number of nitrogens with zero attached hydrogens (tertiary/aromatic N) is 4. The molecule has 73 heavy (non-hydrogen) atoms. The van der Waals surface area contributed by atoms with E-state index in [-0.39, 0.29) is 0 Å². The molecule has 1 aliphatic heterocycles. The molecule has 5 nitrogen and oxygen atoms in total. The predicted molar refractivity (Wildman–Crippen MR) is 300 cm³/mol. The number of hydrogen-bond donors (Lipinski definition) is 0. The van der Waals surface area contributed by atoms with E-state index in [0.717, 1.165) is 62.1 Å². The topological polar surface area (TPSA) is 33.5 Å². The molecule has 12 aromatic rings. The molecule has 0 amide bonds. The molecule has 0 unspecified atom stereocenters. The highest BCUT2D eigenvalue weighted by Crippen LogP contribution is 2.58. The van der Waals surface area contributed by atoms with Crippen LogP contribution in [0.4, 0.5) is 22.7 Å². The molecule has 2 aromatic heterocycles. The highest BCUT2D eigenvalue weighted by Gasteiger charge is 2.47. The van der Waals surface area contributed by atoms with Crippen LogP contribution in [0.15, 0.2) is 261 Å². The van der Waals surface area contributed by atoms with Crippen LogP contribution in [-0.4, -0.2) is 16.2 Å². The van der Waals surface area contributed by atoms with Crippen molar-refractivity contribution in [2.24, 2.45) is 0 Å². The number of pyridine rings is 1. The van der Waals surface area contributed by atoms with Crippen LogP contribution >= 0.6 is 0 Å². The summed E-state index contributed by atoms with van der Waals surface area (Å²) in [5, 5.41) is 2.45. The number of fused-ring (bicyclic) bond motifs is 1. The Hall–Kier alpha value is -9.45. The predicted octanol–water partition coefficient (Wildman–Crippen LogP) is 17.2. The van der Waals surface area contributed by atoms with Crippen LogP contribution < -0.4 is 14.5 Å². The molecule has 0 atom stereocenters. The normalized spacial score (nSPS) is 13.3. The summed E-state index contributed by atoms with van der Waals surface area (Å²) in [6.45, 7) is 2.79. The molecule has 0 radical (unpaired) electrons. The number of anilines is 4. The highest BCUT2D eigenvalue weighted by atomic mass is 16.5. The van der Waals surface area contributed by atoms with Crippen LogP contribution in [0.3, 0.4) is 0 Å². The van der Waals surface area contributed by atoms with Crippen LogP contribution in [0.1, 0.15) is 27.8 Å². The summed E-state index contributed by atoms with van der Waals surface area (Å²) in [6, 6.07) is 91.5. The van der Waals surface area contributed by atoms with Gasteiger partial charge in [-0.25, -0.2) is 4.98 Å². The van der Waals surface area contributed by atoms with Gasteiger partial charge in [-0.1, -0.05) is 200 Å². The third-order valence-corrected chi connectivity index (χ3v) is 15.1. The average Bonchev–Trinajstić information content (AvgIpc) is 4.22. The molecule has 1 aliphatic carbocycles. The molecule has 3 heterocycles. The first-order valence-corrected chi connectivity index (χ1v) is 25.0. The molecule has 0 saturated carbocycles. The van der Waals surface area contributed by atoms with Crippen LogP contribution in [0, 0.1) is 6.92 Å². The summed E-state index contributed by atoms with van der Waals surface area (Å²) in [5.41, 5.74) is 19.1. The Labute approximate surface area is 425 Å². The first-order valence-electron chi connectivity index (χ1n) is 25.0. The van der Waals surface area contributed by atoms with Gasteiger partial charge in [0.05, 0.1) is 33.5 Å². The molecule has 0 fully saturated rings. The van der Waals surface area contributed by atoms with E-state index >= 15 is 0 Å². The third kappa shape index (κ3) is 6.73. The monoisotopic (exact) mass is 936 g/mol. The highest BCUT2D eigenvalue weighted by molar-refractivity contribution is 6.18. The first kappa shape index (κ1) is 42.4. The number of benzene rings is 10. The van der Waals surface area contributed by atoms with Gasteiger partial charge in [-0.3, -0.25) is 4.57 Å². The zero-order chi connectivity index (χ0) is 48.5. The second-order valence-electron chi connectivity index (χ2n) is 19.1. The number of aryl methyl sites for hydroxylation is 1. The van der Waals surface area contributed by atoms with Crippen molar-refractivity contribution in [2.45, 2.75) is 12.3 Å². The van der Waals surface area contributed by atoms with E-state index in [9.17, 15) is 0 Å². The lowest BCUT2D eigenvalue weighted by Gasteiger charge is -2.35. The fourth-order valence-electron chi connectivity index (χ4n) is 12.0. The Balaban J connectivity index is 0.920. The van der Waals surface area contributed by atoms with Crippen LogP contribution in [-0.2, 0) is 5.41 Å². The molecule has 0 N–H and O–H groups in total. The van der Waals surface area contributed by atoms with Gasteiger partial charge in [0.2, 0.25) is 0 Å². The van der Waals surface area contributed by atoms with Crippen LogP contribution in [0.2, 0.25) is 0 Å². The Morgan fingerprint density at radius 2 is 0.959 bits per heavy atom. The van der Waals surface area contributed by atoms with Gasteiger partial charge in [-0.2, -0.15) is 0 Å². The van der Waals surface area contributed by atoms with E-state index in [0.29, 0.717) is 6.67 Å². The zero-order valence-electron chi connectivity index (χ0n) is 40.2. The molecule has 0 spiro atoms. The maximum absolute atomic E-state index is 7.25. The van der Waals surface area contributed by atoms with Crippen molar-refractivity contribution >= 4 is 44.6 Å². The van der Waals surface area contributed by atoms with Gasteiger partial charge in [-0.15, -0.1) is 0 Å². The number of rotatable bonds is 10. The summed E-state index contributed by atoms with van der Waals surface area (Å²) < 4.78 is 9.59. The van der Waals surface area contributed by atoms with Crippen molar-refractivity contribution in [1.82, 2.24) is 9.55 Å². The standard InChI is InChI=1S/C68H48N4O/c1-46-40-64(69-44-57(46)49-26-11-4-12-27-49)72-62-39-21-36-58-65(62)66-59(68(58,50-28-13-5-14-29-50)51-30-15-6-16-31-51)42-54(43-63(66)72)73-53-33-19-32-52(41-53)70-45-71(61-38-18-17-37-60(61)70)67-55(47-22-7-2-8-23-47)34-20-35-56(67)48-24-9-3-10-25-48/h2-44H,45H2,1H3. The van der Waals surface area contributed by atoms with Gasteiger partial charge >= 0.3 is 0 Å². The minimum absolute atomic E-state index is 0.608. The van der Waals surface area contributed by atoms with E-state index in [1.165, 1.54) is 61.0 Å². The second-order valence-corrected chi connectivity index (χ2v) is 19.1. The van der Waals surface area contributed by atoms with Crippen molar-refractivity contribution in [1.29, 1.82) is 0 Å². The van der Waals surface area contributed by atoms with Crippen LogP contribution in [0.25, 0.3) is 61.0 Å². The maximum atomic E-state index is 7.25. The lowest BCUT2D eigenvalue weighted by atomic mass is 9.67. The smallest absolute Gasteiger partial charge is 0.137 e.